The lowest BCUT2D eigenvalue weighted by atomic mass is 10.1. The van der Waals surface area contributed by atoms with Crippen LogP contribution in [0.5, 0.6) is 0 Å². The molecule has 2 heterocycles. The predicted molar refractivity (Wildman–Crippen MR) is 135 cm³/mol. The molecule has 0 unspecified atom stereocenters. The first kappa shape index (κ1) is 24.8. The molecule has 0 amide bonds. The Morgan fingerprint density at radius 3 is 2.48 bits per heavy atom. The van der Waals surface area contributed by atoms with Gasteiger partial charge in [0.2, 0.25) is 0 Å². The summed E-state index contributed by atoms with van der Waals surface area (Å²) >= 11 is 0. The minimum atomic E-state index is -0.204. The van der Waals surface area contributed by atoms with Crippen molar-refractivity contribution in [2.75, 3.05) is 44.2 Å². The molecule has 7 heteroatoms. The quantitative estimate of drug-likeness (QED) is 0.365. The second-order valence-corrected chi connectivity index (χ2v) is 8.29. The second-order valence-electron chi connectivity index (χ2n) is 8.29. The van der Waals surface area contributed by atoms with Gasteiger partial charge in [0.05, 0.1) is 6.61 Å². The van der Waals surface area contributed by atoms with E-state index < -0.39 is 0 Å². The number of carbonyl (C=O) groups is 2. The molecule has 0 spiro atoms. The number of nitrogens with zero attached hydrogens (tertiary/aromatic N) is 3. The molecule has 33 heavy (non-hydrogen) atoms. The van der Waals surface area contributed by atoms with Crippen LogP contribution < -0.4 is 4.90 Å². The first-order valence-corrected chi connectivity index (χ1v) is 11.4. The third-order valence-corrected chi connectivity index (χ3v) is 6.16. The molecule has 1 saturated heterocycles. The largest absolute Gasteiger partial charge is 0.465 e. The Labute approximate surface area is 201 Å². The van der Waals surface area contributed by atoms with Gasteiger partial charge in [0.15, 0.2) is 5.78 Å². The normalized spacial score (nSPS) is 14.2. The Balaban J connectivity index is 0.00000306. The van der Waals surface area contributed by atoms with Gasteiger partial charge in [0, 0.05) is 61.1 Å². The average Bonchev–Trinajstić information content (AvgIpc) is 3.15. The van der Waals surface area contributed by atoms with Crippen LogP contribution in [-0.2, 0) is 22.5 Å². The van der Waals surface area contributed by atoms with Crippen LogP contribution in [-0.4, -0.2) is 60.6 Å². The van der Waals surface area contributed by atoms with Crippen LogP contribution in [0.2, 0.25) is 0 Å². The number of anilines is 1. The van der Waals surface area contributed by atoms with Gasteiger partial charge in [-0.05, 0) is 44.0 Å². The van der Waals surface area contributed by atoms with Crippen molar-refractivity contribution in [3.63, 3.8) is 0 Å². The molecule has 1 aromatic heterocycles. The Morgan fingerprint density at radius 2 is 1.76 bits per heavy atom. The van der Waals surface area contributed by atoms with Crippen molar-refractivity contribution >= 4 is 40.7 Å². The highest BCUT2D eigenvalue weighted by atomic mass is 35.5. The Kier molecular flexibility index (Phi) is 8.53. The maximum atomic E-state index is 12.0. The minimum Gasteiger partial charge on any atom is -0.465 e. The molecular formula is C26H32ClN3O3. The second kappa shape index (κ2) is 11.3. The highest BCUT2D eigenvalue weighted by molar-refractivity contribution is 5.95. The van der Waals surface area contributed by atoms with E-state index in [4.69, 9.17) is 4.74 Å². The fourth-order valence-corrected chi connectivity index (χ4v) is 4.43. The fourth-order valence-electron chi connectivity index (χ4n) is 4.43. The highest BCUT2D eigenvalue weighted by Crippen LogP contribution is 2.23. The SMILES string of the molecule is CCOC(=O)Cn1cc(CCN2CCN(c3cccc(C(C)=O)c3)CC2)c2ccccc21.Cl. The van der Waals surface area contributed by atoms with Gasteiger partial charge in [0.1, 0.15) is 6.54 Å². The number of ketones is 1. The number of para-hydroxylation sites is 1. The van der Waals surface area contributed by atoms with Gasteiger partial charge >= 0.3 is 5.97 Å². The van der Waals surface area contributed by atoms with Crippen LogP contribution in [0.25, 0.3) is 10.9 Å². The third kappa shape index (κ3) is 5.95. The number of carbonyl (C=O) groups excluding carboxylic acids is 2. The molecule has 0 bridgehead atoms. The molecule has 2 aromatic carbocycles. The van der Waals surface area contributed by atoms with Gasteiger partial charge in [-0.25, -0.2) is 0 Å². The number of halogens is 1. The van der Waals surface area contributed by atoms with Crippen molar-refractivity contribution in [3.8, 4) is 0 Å². The van der Waals surface area contributed by atoms with Crippen LogP contribution >= 0.6 is 12.4 Å². The number of benzene rings is 2. The highest BCUT2D eigenvalue weighted by Gasteiger charge is 2.19. The van der Waals surface area contributed by atoms with E-state index in [1.54, 1.807) is 6.92 Å². The lowest BCUT2D eigenvalue weighted by Crippen LogP contribution is -2.47. The van der Waals surface area contributed by atoms with Gasteiger partial charge in [-0.2, -0.15) is 0 Å². The number of esters is 1. The lowest BCUT2D eigenvalue weighted by molar-refractivity contribution is -0.143. The van der Waals surface area contributed by atoms with Crippen molar-refractivity contribution in [1.82, 2.24) is 9.47 Å². The van der Waals surface area contributed by atoms with Crippen LogP contribution in [0.1, 0.15) is 29.8 Å². The number of fused-ring (bicyclic) bond motifs is 1. The van der Waals surface area contributed by atoms with Crippen molar-refractivity contribution in [1.29, 1.82) is 0 Å². The number of piperazine rings is 1. The van der Waals surface area contributed by atoms with E-state index in [1.807, 2.05) is 35.8 Å². The van der Waals surface area contributed by atoms with Gasteiger partial charge in [-0.15, -0.1) is 12.4 Å². The van der Waals surface area contributed by atoms with E-state index >= 15 is 0 Å². The number of ether oxygens (including phenoxy) is 1. The molecule has 6 nitrogen and oxygen atoms in total. The van der Waals surface area contributed by atoms with Gasteiger partial charge in [-0.1, -0.05) is 30.3 Å². The maximum Gasteiger partial charge on any atom is 0.325 e. The first-order valence-electron chi connectivity index (χ1n) is 11.4. The molecule has 1 aliphatic heterocycles. The number of rotatable bonds is 8. The summed E-state index contributed by atoms with van der Waals surface area (Å²) in [6, 6.07) is 16.2. The molecule has 4 rings (SSSR count). The average molecular weight is 470 g/mol. The van der Waals surface area contributed by atoms with Crippen molar-refractivity contribution < 1.29 is 14.3 Å². The topological polar surface area (TPSA) is 54.8 Å². The fraction of sp³-hybridized carbons (Fsp3) is 0.385. The van der Waals surface area contributed by atoms with Gasteiger partial charge in [0.25, 0.3) is 0 Å². The summed E-state index contributed by atoms with van der Waals surface area (Å²) in [7, 11) is 0. The molecule has 0 atom stereocenters. The predicted octanol–water partition coefficient (Wildman–Crippen LogP) is 4.19. The molecule has 0 radical (unpaired) electrons. The number of hydrogen-bond donors (Lipinski definition) is 0. The minimum absolute atomic E-state index is 0. The van der Waals surface area contributed by atoms with E-state index in [9.17, 15) is 9.59 Å². The zero-order chi connectivity index (χ0) is 22.5. The summed E-state index contributed by atoms with van der Waals surface area (Å²) in [4.78, 5) is 28.5. The lowest BCUT2D eigenvalue weighted by Gasteiger charge is -2.36. The van der Waals surface area contributed by atoms with E-state index in [2.05, 4.69) is 40.3 Å². The number of hydrogen-bond acceptors (Lipinski definition) is 5. The molecule has 1 fully saturated rings. The van der Waals surface area contributed by atoms with Crippen molar-refractivity contribution in [2.45, 2.75) is 26.8 Å². The standard InChI is InChI=1S/C26H31N3O3.ClH/c1-3-32-26(31)19-29-18-22(24-9-4-5-10-25(24)29)11-12-27-13-15-28(16-14-27)23-8-6-7-21(17-23)20(2)30;/h4-10,17-18H,3,11-16,19H2,1-2H3;1H. The van der Waals surface area contributed by atoms with Crippen LogP contribution in [0, 0.1) is 0 Å². The molecule has 0 aliphatic carbocycles. The molecular weight excluding hydrogens is 438 g/mol. The van der Waals surface area contributed by atoms with Gasteiger partial charge < -0.3 is 14.2 Å². The van der Waals surface area contributed by atoms with E-state index in [0.29, 0.717) is 6.61 Å². The third-order valence-electron chi connectivity index (χ3n) is 6.16. The summed E-state index contributed by atoms with van der Waals surface area (Å²) in [6.45, 7) is 8.95. The smallest absolute Gasteiger partial charge is 0.325 e. The summed E-state index contributed by atoms with van der Waals surface area (Å²) in [5.41, 5.74) is 4.23. The monoisotopic (exact) mass is 469 g/mol. The van der Waals surface area contributed by atoms with Crippen molar-refractivity contribution in [3.05, 3.63) is 65.9 Å². The summed E-state index contributed by atoms with van der Waals surface area (Å²) in [5.74, 6) is -0.0997. The molecule has 0 saturated carbocycles. The number of Topliss-reactive ketones (excluding diaryl/α,β-unsaturated/α-hetero) is 1. The molecule has 0 N–H and O–H groups in total. The molecule has 3 aromatic rings. The van der Waals surface area contributed by atoms with E-state index in [-0.39, 0.29) is 30.7 Å². The molecule has 176 valence electrons. The molecule has 1 aliphatic rings. The first-order chi connectivity index (χ1) is 15.5. The van der Waals surface area contributed by atoms with Crippen LogP contribution in [0.3, 0.4) is 0 Å². The zero-order valence-corrected chi connectivity index (χ0v) is 20.1. The van der Waals surface area contributed by atoms with Crippen LogP contribution in [0.4, 0.5) is 5.69 Å². The summed E-state index contributed by atoms with van der Waals surface area (Å²) in [5, 5.41) is 1.21. The van der Waals surface area contributed by atoms with E-state index in [0.717, 1.165) is 55.9 Å². The van der Waals surface area contributed by atoms with Crippen LogP contribution in [0.15, 0.2) is 54.7 Å². The van der Waals surface area contributed by atoms with Gasteiger partial charge in [-0.3, -0.25) is 14.5 Å². The van der Waals surface area contributed by atoms with E-state index in [1.165, 1.54) is 10.9 Å². The Morgan fingerprint density at radius 1 is 1.00 bits per heavy atom. The summed E-state index contributed by atoms with van der Waals surface area (Å²) < 4.78 is 7.14. The Bertz CT molecular complexity index is 1100. The summed E-state index contributed by atoms with van der Waals surface area (Å²) in [6.07, 6.45) is 3.04. The van der Waals surface area contributed by atoms with Crippen molar-refractivity contribution in [2.24, 2.45) is 0 Å². The maximum absolute atomic E-state index is 12.0. The zero-order valence-electron chi connectivity index (χ0n) is 19.3. The Hall–Kier alpha value is -2.83. The number of aromatic nitrogens is 1.